The molecule has 0 unspecified atom stereocenters. The third-order valence-electron chi connectivity index (χ3n) is 2.62. The van der Waals surface area contributed by atoms with E-state index in [0.29, 0.717) is 0 Å². The summed E-state index contributed by atoms with van der Waals surface area (Å²) in [7, 11) is 0. The summed E-state index contributed by atoms with van der Waals surface area (Å²) < 4.78 is 1.87. The molecule has 1 aromatic rings. The van der Waals surface area contributed by atoms with Crippen LogP contribution in [-0.4, -0.2) is 14.8 Å². The molecule has 0 radical (unpaired) electrons. The molecule has 0 atom stereocenters. The van der Waals surface area contributed by atoms with Gasteiger partial charge in [-0.1, -0.05) is 13.8 Å². The molecule has 0 saturated heterocycles. The molecule has 4 heteroatoms. The summed E-state index contributed by atoms with van der Waals surface area (Å²) in [6.07, 6.45) is 3.36. The first-order chi connectivity index (χ1) is 6.18. The van der Waals surface area contributed by atoms with E-state index in [1.165, 1.54) is 0 Å². The molecule has 0 aliphatic heterocycles. The maximum Gasteiger partial charge on any atom is 0.146 e. The van der Waals surface area contributed by atoms with Gasteiger partial charge in [-0.05, 0) is 19.8 Å². The van der Waals surface area contributed by atoms with E-state index in [2.05, 4.69) is 23.9 Å². The molecule has 1 heterocycles. The molecule has 0 spiro atoms. The predicted molar refractivity (Wildman–Crippen MR) is 52.1 cm³/mol. The fourth-order valence-electron chi connectivity index (χ4n) is 1.45. The van der Waals surface area contributed by atoms with Gasteiger partial charge in [-0.25, -0.2) is 9.67 Å². The minimum absolute atomic E-state index is 0.313. The van der Waals surface area contributed by atoms with Crippen molar-refractivity contribution in [3.63, 3.8) is 0 Å². The van der Waals surface area contributed by atoms with E-state index in [9.17, 15) is 0 Å². The van der Waals surface area contributed by atoms with E-state index in [-0.39, 0.29) is 5.54 Å². The highest BCUT2D eigenvalue weighted by Crippen LogP contribution is 2.22. The zero-order chi connectivity index (χ0) is 9.90. The zero-order valence-corrected chi connectivity index (χ0v) is 8.62. The van der Waals surface area contributed by atoms with Crippen molar-refractivity contribution in [2.24, 2.45) is 5.73 Å². The molecule has 0 aliphatic carbocycles. The molecule has 13 heavy (non-hydrogen) atoms. The lowest BCUT2D eigenvalue weighted by Gasteiger charge is -2.25. The molecule has 0 fully saturated rings. The molecule has 2 N–H and O–H groups in total. The van der Waals surface area contributed by atoms with Crippen LogP contribution in [0.3, 0.4) is 0 Å². The Hall–Kier alpha value is -0.900. The first-order valence-electron chi connectivity index (χ1n) is 4.85. The van der Waals surface area contributed by atoms with Crippen molar-refractivity contribution in [3.8, 4) is 0 Å². The van der Waals surface area contributed by atoms with Gasteiger partial charge in [0.05, 0.1) is 5.54 Å². The molecule has 0 amide bonds. The second kappa shape index (κ2) is 3.87. The van der Waals surface area contributed by atoms with Gasteiger partial charge >= 0.3 is 0 Å². The maximum atomic E-state index is 6.22. The highest BCUT2D eigenvalue weighted by Gasteiger charge is 2.27. The lowest BCUT2D eigenvalue weighted by Crippen LogP contribution is -2.38. The minimum atomic E-state index is -0.313. The minimum Gasteiger partial charge on any atom is -0.319 e. The number of hydrogen-bond donors (Lipinski definition) is 1. The quantitative estimate of drug-likeness (QED) is 0.763. The lowest BCUT2D eigenvalue weighted by atomic mass is 9.93. The smallest absolute Gasteiger partial charge is 0.146 e. The van der Waals surface area contributed by atoms with Crippen LogP contribution >= 0.6 is 0 Å². The van der Waals surface area contributed by atoms with E-state index in [1.54, 1.807) is 6.33 Å². The van der Waals surface area contributed by atoms with Crippen molar-refractivity contribution in [2.45, 2.75) is 45.7 Å². The van der Waals surface area contributed by atoms with Gasteiger partial charge in [-0.15, -0.1) is 0 Å². The summed E-state index contributed by atoms with van der Waals surface area (Å²) in [4.78, 5) is 4.23. The van der Waals surface area contributed by atoms with Crippen LogP contribution in [-0.2, 0) is 12.1 Å². The van der Waals surface area contributed by atoms with Crippen LogP contribution in [0.4, 0.5) is 0 Å². The Bertz CT molecular complexity index is 262. The Balaban J connectivity index is 3.03. The Morgan fingerprint density at radius 1 is 1.38 bits per heavy atom. The topological polar surface area (TPSA) is 56.7 Å². The van der Waals surface area contributed by atoms with Crippen molar-refractivity contribution in [2.75, 3.05) is 0 Å². The van der Waals surface area contributed by atoms with Gasteiger partial charge in [-0.2, -0.15) is 5.10 Å². The Morgan fingerprint density at radius 2 is 2.00 bits per heavy atom. The fourth-order valence-corrected chi connectivity index (χ4v) is 1.45. The van der Waals surface area contributed by atoms with Gasteiger partial charge < -0.3 is 5.73 Å². The predicted octanol–water partition coefficient (Wildman–Crippen LogP) is 1.27. The maximum absolute atomic E-state index is 6.22. The normalized spacial score (nSPS) is 12.0. The summed E-state index contributed by atoms with van der Waals surface area (Å²) in [6.45, 7) is 7.04. The molecular formula is C9H18N4. The standard InChI is InChI=1S/C9H18N4/c1-4-9(10,5-2)8-11-7-12-13(8)6-3/h7H,4-6,10H2,1-3H3. The molecule has 0 saturated carbocycles. The van der Waals surface area contributed by atoms with Gasteiger partial charge in [-0.3, -0.25) is 0 Å². The van der Waals surface area contributed by atoms with Crippen molar-refractivity contribution >= 4 is 0 Å². The van der Waals surface area contributed by atoms with Crippen LogP contribution in [0.5, 0.6) is 0 Å². The van der Waals surface area contributed by atoms with E-state index in [0.717, 1.165) is 25.2 Å². The monoisotopic (exact) mass is 182 g/mol. The van der Waals surface area contributed by atoms with E-state index >= 15 is 0 Å². The molecule has 74 valence electrons. The van der Waals surface area contributed by atoms with E-state index in [4.69, 9.17) is 5.73 Å². The van der Waals surface area contributed by atoms with E-state index in [1.807, 2.05) is 11.6 Å². The number of aryl methyl sites for hydroxylation is 1. The van der Waals surface area contributed by atoms with Crippen LogP contribution < -0.4 is 5.73 Å². The van der Waals surface area contributed by atoms with Crippen molar-refractivity contribution in [1.29, 1.82) is 0 Å². The summed E-state index contributed by atoms with van der Waals surface area (Å²) in [6, 6.07) is 0. The third-order valence-corrected chi connectivity index (χ3v) is 2.62. The third kappa shape index (κ3) is 1.72. The average molecular weight is 182 g/mol. The van der Waals surface area contributed by atoms with Crippen LogP contribution in [0.25, 0.3) is 0 Å². The van der Waals surface area contributed by atoms with Crippen LogP contribution in [0.1, 0.15) is 39.4 Å². The second-order valence-corrected chi connectivity index (χ2v) is 3.26. The average Bonchev–Trinajstić information content (AvgIpc) is 2.65. The first kappa shape index (κ1) is 10.2. The summed E-state index contributed by atoms with van der Waals surface area (Å²) in [5, 5.41) is 4.12. The molecule has 0 aliphatic rings. The number of aromatic nitrogens is 3. The van der Waals surface area contributed by atoms with Crippen molar-refractivity contribution < 1.29 is 0 Å². The van der Waals surface area contributed by atoms with Crippen molar-refractivity contribution in [1.82, 2.24) is 14.8 Å². The Labute approximate surface area is 79.2 Å². The Morgan fingerprint density at radius 3 is 2.46 bits per heavy atom. The van der Waals surface area contributed by atoms with Crippen LogP contribution in [0.15, 0.2) is 6.33 Å². The number of hydrogen-bond acceptors (Lipinski definition) is 3. The SMILES string of the molecule is CCn1ncnc1C(N)(CC)CC. The van der Waals surface area contributed by atoms with E-state index < -0.39 is 0 Å². The van der Waals surface area contributed by atoms with Gasteiger partial charge in [0, 0.05) is 6.54 Å². The molecular weight excluding hydrogens is 164 g/mol. The highest BCUT2D eigenvalue weighted by atomic mass is 15.3. The van der Waals surface area contributed by atoms with Gasteiger partial charge in [0.1, 0.15) is 12.2 Å². The summed E-state index contributed by atoms with van der Waals surface area (Å²) in [5.41, 5.74) is 5.90. The largest absolute Gasteiger partial charge is 0.319 e. The molecule has 0 aromatic carbocycles. The number of nitrogens with zero attached hydrogens (tertiary/aromatic N) is 3. The highest BCUT2D eigenvalue weighted by molar-refractivity contribution is 5.03. The van der Waals surface area contributed by atoms with Gasteiger partial charge in [0.25, 0.3) is 0 Å². The molecule has 0 bridgehead atoms. The van der Waals surface area contributed by atoms with Gasteiger partial charge in [0.2, 0.25) is 0 Å². The first-order valence-corrected chi connectivity index (χ1v) is 4.85. The Kier molecular flexibility index (Phi) is 3.03. The fraction of sp³-hybridized carbons (Fsp3) is 0.778. The molecule has 1 rings (SSSR count). The van der Waals surface area contributed by atoms with Gasteiger partial charge in [0.15, 0.2) is 0 Å². The van der Waals surface area contributed by atoms with Crippen LogP contribution in [0, 0.1) is 0 Å². The number of nitrogens with two attached hydrogens (primary N) is 1. The second-order valence-electron chi connectivity index (χ2n) is 3.26. The lowest BCUT2D eigenvalue weighted by molar-refractivity contribution is 0.363. The molecule has 4 nitrogen and oxygen atoms in total. The number of rotatable bonds is 4. The molecule has 1 aromatic heterocycles. The summed E-state index contributed by atoms with van der Waals surface area (Å²) in [5.74, 6) is 0.903. The van der Waals surface area contributed by atoms with Crippen molar-refractivity contribution in [3.05, 3.63) is 12.2 Å². The van der Waals surface area contributed by atoms with Crippen LogP contribution in [0.2, 0.25) is 0 Å². The zero-order valence-electron chi connectivity index (χ0n) is 8.62. The summed E-state index contributed by atoms with van der Waals surface area (Å²) >= 11 is 0.